The largest absolute Gasteiger partial charge is 0.382 e. The van der Waals surface area contributed by atoms with Gasteiger partial charge >= 0.3 is 0 Å². The monoisotopic (exact) mass is 248 g/mol. The first-order chi connectivity index (χ1) is 8.40. The lowest BCUT2D eigenvalue weighted by Crippen LogP contribution is -2.31. The molecule has 0 aromatic carbocycles. The highest BCUT2D eigenvalue weighted by Crippen LogP contribution is 2.16. The Morgan fingerprint density at radius 1 is 1.22 bits per heavy atom. The second-order valence-electron chi connectivity index (χ2n) is 5.51. The van der Waals surface area contributed by atoms with Crippen LogP contribution in [0.3, 0.4) is 0 Å². The van der Waals surface area contributed by atoms with E-state index in [2.05, 4.69) is 37.6 Å². The maximum atomic E-state index is 7.34. The Morgan fingerprint density at radius 3 is 2.11 bits per heavy atom. The number of rotatable bonds is 6. The fraction of sp³-hybridized carbons (Fsp3) is 0.571. The number of hydrogen-bond acceptors (Lipinski definition) is 3. The number of nitrogens with zero attached hydrogens (tertiary/aromatic N) is 2. The molecule has 0 aliphatic carbocycles. The van der Waals surface area contributed by atoms with Gasteiger partial charge in [-0.25, -0.2) is 0 Å². The number of nitrogens with one attached hydrogen (secondary N) is 1. The number of nitrogens with two attached hydrogens (primary N) is 1. The molecule has 3 N–H and O–H groups in total. The molecule has 100 valence electrons. The molecule has 0 unspecified atom stereocenters. The van der Waals surface area contributed by atoms with Crippen LogP contribution in [0.4, 0.5) is 5.69 Å². The van der Waals surface area contributed by atoms with Gasteiger partial charge in [-0.2, -0.15) is 0 Å². The summed E-state index contributed by atoms with van der Waals surface area (Å²) < 4.78 is 0. The van der Waals surface area contributed by atoms with Crippen LogP contribution in [0.5, 0.6) is 0 Å². The SMILES string of the molecule is CC(C)CN(CC(C)C)c1ccc(C(=N)N)nc1. The summed E-state index contributed by atoms with van der Waals surface area (Å²) >= 11 is 0. The van der Waals surface area contributed by atoms with Gasteiger partial charge in [0.25, 0.3) is 0 Å². The summed E-state index contributed by atoms with van der Waals surface area (Å²) in [6.45, 7) is 10.9. The van der Waals surface area contributed by atoms with Crippen molar-refractivity contribution in [3.05, 3.63) is 24.0 Å². The van der Waals surface area contributed by atoms with E-state index >= 15 is 0 Å². The minimum atomic E-state index is 0.0146. The zero-order chi connectivity index (χ0) is 13.7. The van der Waals surface area contributed by atoms with Gasteiger partial charge in [0.05, 0.1) is 11.9 Å². The van der Waals surface area contributed by atoms with Crippen LogP contribution in [-0.4, -0.2) is 23.9 Å². The number of aromatic nitrogens is 1. The van der Waals surface area contributed by atoms with E-state index in [-0.39, 0.29) is 5.84 Å². The number of amidine groups is 1. The summed E-state index contributed by atoms with van der Waals surface area (Å²) in [6, 6.07) is 3.81. The summed E-state index contributed by atoms with van der Waals surface area (Å²) in [7, 11) is 0. The van der Waals surface area contributed by atoms with Crippen molar-refractivity contribution in [1.29, 1.82) is 5.41 Å². The highest BCUT2D eigenvalue weighted by Gasteiger charge is 2.11. The molecule has 0 saturated carbocycles. The summed E-state index contributed by atoms with van der Waals surface area (Å²) in [5, 5.41) is 7.34. The maximum Gasteiger partial charge on any atom is 0.141 e. The second-order valence-corrected chi connectivity index (χ2v) is 5.51. The van der Waals surface area contributed by atoms with Gasteiger partial charge in [0, 0.05) is 13.1 Å². The van der Waals surface area contributed by atoms with Gasteiger partial charge in [0.15, 0.2) is 0 Å². The van der Waals surface area contributed by atoms with Crippen LogP contribution in [0, 0.1) is 17.2 Å². The third-order valence-corrected chi connectivity index (χ3v) is 2.56. The van der Waals surface area contributed by atoms with Crippen molar-refractivity contribution in [2.45, 2.75) is 27.7 Å². The van der Waals surface area contributed by atoms with Crippen molar-refractivity contribution < 1.29 is 0 Å². The fourth-order valence-corrected chi connectivity index (χ4v) is 1.90. The molecule has 0 fully saturated rings. The molecular weight excluding hydrogens is 224 g/mol. The third kappa shape index (κ3) is 4.35. The molecule has 0 atom stereocenters. The number of pyridine rings is 1. The first-order valence-corrected chi connectivity index (χ1v) is 6.45. The second kappa shape index (κ2) is 6.38. The lowest BCUT2D eigenvalue weighted by atomic mass is 10.1. The van der Waals surface area contributed by atoms with E-state index in [1.165, 1.54) is 0 Å². The van der Waals surface area contributed by atoms with Crippen molar-refractivity contribution in [2.75, 3.05) is 18.0 Å². The topological polar surface area (TPSA) is 66.0 Å². The molecule has 0 radical (unpaired) electrons. The molecule has 1 aromatic heterocycles. The van der Waals surface area contributed by atoms with E-state index in [9.17, 15) is 0 Å². The molecule has 0 aliphatic rings. The third-order valence-electron chi connectivity index (χ3n) is 2.56. The van der Waals surface area contributed by atoms with Crippen molar-refractivity contribution >= 4 is 11.5 Å². The molecule has 0 amide bonds. The Kier molecular flexibility index (Phi) is 5.13. The Labute approximate surface area is 110 Å². The van der Waals surface area contributed by atoms with Crippen molar-refractivity contribution in [3.63, 3.8) is 0 Å². The van der Waals surface area contributed by atoms with Crippen LogP contribution in [0.25, 0.3) is 0 Å². The van der Waals surface area contributed by atoms with Crippen LogP contribution in [0.15, 0.2) is 18.3 Å². The van der Waals surface area contributed by atoms with Crippen LogP contribution >= 0.6 is 0 Å². The van der Waals surface area contributed by atoms with Crippen molar-refractivity contribution in [2.24, 2.45) is 17.6 Å². The van der Waals surface area contributed by atoms with Gasteiger partial charge in [-0.05, 0) is 24.0 Å². The Balaban J connectivity index is 2.87. The minimum absolute atomic E-state index is 0.0146. The first-order valence-electron chi connectivity index (χ1n) is 6.45. The number of anilines is 1. The maximum absolute atomic E-state index is 7.34. The van der Waals surface area contributed by atoms with Crippen LogP contribution in [0.1, 0.15) is 33.4 Å². The van der Waals surface area contributed by atoms with Crippen molar-refractivity contribution in [3.8, 4) is 0 Å². The van der Waals surface area contributed by atoms with E-state index < -0.39 is 0 Å². The van der Waals surface area contributed by atoms with Crippen LogP contribution in [-0.2, 0) is 0 Å². The standard InChI is InChI=1S/C14H24N4/c1-10(2)8-18(9-11(3)4)12-5-6-13(14(15)16)17-7-12/h5-7,10-11H,8-9H2,1-4H3,(H3,15,16). The molecule has 0 bridgehead atoms. The number of nitrogen functional groups attached to an aromatic ring is 1. The van der Waals surface area contributed by atoms with Gasteiger partial charge in [-0.3, -0.25) is 10.4 Å². The molecule has 1 heterocycles. The van der Waals surface area contributed by atoms with E-state index in [0.717, 1.165) is 18.8 Å². The summed E-state index contributed by atoms with van der Waals surface area (Å²) in [5.74, 6) is 1.23. The van der Waals surface area contributed by atoms with Gasteiger partial charge in [-0.15, -0.1) is 0 Å². The highest BCUT2D eigenvalue weighted by atomic mass is 15.1. The Bertz CT molecular complexity index is 371. The predicted molar refractivity (Wildman–Crippen MR) is 77.1 cm³/mol. The predicted octanol–water partition coefficient (Wildman–Crippen LogP) is 2.48. The lowest BCUT2D eigenvalue weighted by molar-refractivity contribution is 0.552. The average molecular weight is 248 g/mol. The first kappa shape index (κ1) is 14.5. The molecule has 0 spiro atoms. The zero-order valence-corrected chi connectivity index (χ0v) is 11.8. The van der Waals surface area contributed by atoms with E-state index in [1.807, 2.05) is 18.3 Å². The molecule has 1 rings (SSSR count). The van der Waals surface area contributed by atoms with Gasteiger partial charge < -0.3 is 10.6 Å². The van der Waals surface area contributed by atoms with Gasteiger partial charge in [0.2, 0.25) is 0 Å². The Morgan fingerprint density at radius 2 is 1.78 bits per heavy atom. The molecule has 1 aromatic rings. The summed E-state index contributed by atoms with van der Waals surface area (Å²) in [4.78, 5) is 6.56. The zero-order valence-electron chi connectivity index (χ0n) is 11.8. The molecule has 0 aliphatic heterocycles. The van der Waals surface area contributed by atoms with Gasteiger partial charge in [0.1, 0.15) is 11.5 Å². The Hall–Kier alpha value is -1.58. The highest BCUT2D eigenvalue weighted by molar-refractivity contribution is 5.93. The molecule has 0 saturated heterocycles. The minimum Gasteiger partial charge on any atom is -0.382 e. The van der Waals surface area contributed by atoms with E-state index in [0.29, 0.717) is 17.5 Å². The average Bonchev–Trinajstić information content (AvgIpc) is 2.27. The summed E-state index contributed by atoms with van der Waals surface area (Å²) in [6.07, 6.45) is 1.81. The van der Waals surface area contributed by atoms with Crippen LogP contribution < -0.4 is 10.6 Å². The van der Waals surface area contributed by atoms with E-state index in [4.69, 9.17) is 11.1 Å². The molecule has 18 heavy (non-hydrogen) atoms. The van der Waals surface area contributed by atoms with E-state index in [1.54, 1.807) is 0 Å². The fourth-order valence-electron chi connectivity index (χ4n) is 1.90. The smallest absolute Gasteiger partial charge is 0.141 e. The molecular formula is C14H24N4. The quantitative estimate of drug-likeness (QED) is 0.600. The normalized spacial score (nSPS) is 11.0. The molecule has 4 heteroatoms. The lowest BCUT2D eigenvalue weighted by Gasteiger charge is -2.28. The number of hydrogen-bond donors (Lipinski definition) is 2. The van der Waals surface area contributed by atoms with Gasteiger partial charge in [-0.1, -0.05) is 27.7 Å². The van der Waals surface area contributed by atoms with Crippen molar-refractivity contribution in [1.82, 2.24) is 4.98 Å². The van der Waals surface area contributed by atoms with Crippen LogP contribution in [0.2, 0.25) is 0 Å². The summed E-state index contributed by atoms with van der Waals surface area (Å²) in [5.41, 5.74) is 7.04. The molecule has 4 nitrogen and oxygen atoms in total.